The number of amides is 2. The van der Waals surface area contributed by atoms with Crippen molar-refractivity contribution in [2.24, 2.45) is 0 Å². The van der Waals surface area contributed by atoms with Crippen LogP contribution in [-0.2, 0) is 9.53 Å². The summed E-state index contributed by atoms with van der Waals surface area (Å²) in [6, 6.07) is 6.92. The van der Waals surface area contributed by atoms with E-state index in [1.165, 1.54) is 0 Å². The molecule has 0 saturated carbocycles. The molecular weight excluding hydrogens is 368 g/mol. The topological polar surface area (TPSA) is 67.9 Å². The normalized spacial score (nSPS) is 18.6. The predicted octanol–water partition coefficient (Wildman–Crippen LogP) is 4.01. The van der Waals surface area contributed by atoms with Gasteiger partial charge in [-0.15, -0.1) is 0 Å². The molecule has 1 aliphatic rings. The molecule has 1 heterocycles. The van der Waals surface area contributed by atoms with Crippen LogP contribution in [-0.4, -0.2) is 47.7 Å². The number of hydrogen-bond donors (Lipinski definition) is 1. The molecule has 0 spiro atoms. The van der Waals surface area contributed by atoms with Crippen LogP contribution < -0.4 is 10.1 Å². The van der Waals surface area contributed by atoms with Crippen molar-refractivity contribution in [3.05, 3.63) is 29.3 Å². The van der Waals surface area contributed by atoms with Gasteiger partial charge in [-0.1, -0.05) is 17.7 Å². The van der Waals surface area contributed by atoms with E-state index in [9.17, 15) is 9.59 Å². The maximum atomic E-state index is 12.9. The molecule has 0 aliphatic carbocycles. The van der Waals surface area contributed by atoms with Gasteiger partial charge in [0.15, 0.2) is 6.10 Å². The fraction of sp³-hybridized carbons (Fsp3) is 0.600. The van der Waals surface area contributed by atoms with E-state index in [-0.39, 0.29) is 11.9 Å². The van der Waals surface area contributed by atoms with Gasteiger partial charge in [0.25, 0.3) is 5.91 Å². The lowest BCUT2D eigenvalue weighted by Gasteiger charge is -2.37. The first-order valence-electron chi connectivity index (χ1n) is 9.35. The quantitative estimate of drug-likeness (QED) is 0.816. The lowest BCUT2D eigenvalue weighted by atomic mass is 10.0. The molecule has 2 atom stereocenters. The van der Waals surface area contributed by atoms with E-state index in [1.54, 1.807) is 36.1 Å². The standard InChI is InChI=1S/C20H29ClN2O4/c1-14(26-17-10-7-8-15(21)12-17)18(24)23-11-6-5-9-16(23)13-22-19(25)27-20(2,3)4/h7-8,10,12,14,16H,5-6,9,11,13H2,1-4H3,(H,22,25). The van der Waals surface area contributed by atoms with E-state index in [0.717, 1.165) is 19.3 Å². The van der Waals surface area contributed by atoms with Gasteiger partial charge in [0.1, 0.15) is 11.4 Å². The Morgan fingerprint density at radius 2 is 2.07 bits per heavy atom. The Morgan fingerprint density at radius 1 is 1.33 bits per heavy atom. The van der Waals surface area contributed by atoms with Crippen LogP contribution in [0.4, 0.5) is 4.79 Å². The number of carbonyl (C=O) groups excluding carboxylic acids is 2. The molecule has 0 radical (unpaired) electrons. The minimum absolute atomic E-state index is 0.0656. The molecule has 1 N–H and O–H groups in total. The second-order valence-electron chi connectivity index (χ2n) is 7.78. The zero-order chi connectivity index (χ0) is 20.0. The second-order valence-corrected chi connectivity index (χ2v) is 8.22. The number of nitrogens with one attached hydrogen (secondary N) is 1. The van der Waals surface area contributed by atoms with Gasteiger partial charge >= 0.3 is 6.09 Å². The molecule has 27 heavy (non-hydrogen) atoms. The van der Waals surface area contributed by atoms with Crippen molar-refractivity contribution in [3.63, 3.8) is 0 Å². The summed E-state index contributed by atoms with van der Waals surface area (Å²) in [7, 11) is 0. The van der Waals surface area contributed by atoms with Crippen LogP contribution in [0.2, 0.25) is 5.02 Å². The molecule has 2 unspecified atom stereocenters. The Labute approximate surface area is 166 Å². The second kappa shape index (κ2) is 9.31. The Balaban J connectivity index is 1.94. The number of rotatable bonds is 5. The van der Waals surface area contributed by atoms with E-state index in [1.807, 2.05) is 20.8 Å². The molecule has 1 saturated heterocycles. The van der Waals surface area contributed by atoms with Gasteiger partial charge in [-0.2, -0.15) is 0 Å². The number of piperidine rings is 1. The maximum Gasteiger partial charge on any atom is 0.407 e. The summed E-state index contributed by atoms with van der Waals surface area (Å²) in [5.74, 6) is 0.467. The number of carbonyl (C=O) groups is 2. The van der Waals surface area contributed by atoms with Gasteiger partial charge in [0.2, 0.25) is 0 Å². The number of alkyl carbamates (subject to hydrolysis) is 1. The van der Waals surface area contributed by atoms with Crippen molar-refractivity contribution in [2.45, 2.75) is 64.7 Å². The molecule has 0 bridgehead atoms. The van der Waals surface area contributed by atoms with Gasteiger partial charge in [-0.3, -0.25) is 4.79 Å². The number of ether oxygens (including phenoxy) is 2. The monoisotopic (exact) mass is 396 g/mol. The third-order valence-electron chi connectivity index (χ3n) is 4.25. The van der Waals surface area contributed by atoms with Crippen LogP contribution in [0.3, 0.4) is 0 Å². The van der Waals surface area contributed by atoms with Crippen LogP contribution in [0, 0.1) is 0 Å². The molecule has 0 aromatic heterocycles. The molecule has 1 fully saturated rings. The maximum absolute atomic E-state index is 12.9. The first kappa shape index (κ1) is 21.4. The van der Waals surface area contributed by atoms with Crippen molar-refractivity contribution in [1.29, 1.82) is 0 Å². The molecule has 1 aromatic carbocycles. The highest BCUT2D eigenvalue weighted by Crippen LogP contribution is 2.22. The van der Waals surface area contributed by atoms with Gasteiger partial charge in [0, 0.05) is 24.2 Å². The predicted molar refractivity (Wildman–Crippen MR) is 105 cm³/mol. The first-order chi connectivity index (χ1) is 12.7. The van der Waals surface area contributed by atoms with Gasteiger partial charge in [-0.25, -0.2) is 4.79 Å². The summed E-state index contributed by atoms with van der Waals surface area (Å²) in [4.78, 5) is 26.6. The highest BCUT2D eigenvalue weighted by Gasteiger charge is 2.31. The van der Waals surface area contributed by atoms with E-state index in [4.69, 9.17) is 21.1 Å². The Hall–Kier alpha value is -1.95. The van der Waals surface area contributed by atoms with Gasteiger partial charge in [-0.05, 0) is 65.2 Å². The van der Waals surface area contributed by atoms with Crippen LogP contribution in [0.25, 0.3) is 0 Å². The van der Waals surface area contributed by atoms with Gasteiger partial charge in [0.05, 0.1) is 0 Å². The summed E-state index contributed by atoms with van der Waals surface area (Å²) in [5.41, 5.74) is -0.550. The molecule has 7 heteroatoms. The first-order valence-corrected chi connectivity index (χ1v) is 9.73. The van der Waals surface area contributed by atoms with Gasteiger partial charge < -0.3 is 19.7 Å². The van der Waals surface area contributed by atoms with Crippen molar-refractivity contribution in [1.82, 2.24) is 10.2 Å². The van der Waals surface area contributed by atoms with E-state index < -0.39 is 17.8 Å². The van der Waals surface area contributed by atoms with Crippen molar-refractivity contribution in [2.75, 3.05) is 13.1 Å². The smallest absolute Gasteiger partial charge is 0.407 e. The molecule has 1 aliphatic heterocycles. The Morgan fingerprint density at radius 3 is 2.74 bits per heavy atom. The van der Waals surface area contributed by atoms with Crippen molar-refractivity contribution < 1.29 is 19.1 Å². The minimum Gasteiger partial charge on any atom is -0.481 e. The van der Waals surface area contributed by atoms with Crippen molar-refractivity contribution in [3.8, 4) is 5.75 Å². The van der Waals surface area contributed by atoms with Crippen LogP contribution in [0.5, 0.6) is 5.75 Å². The lowest BCUT2D eigenvalue weighted by molar-refractivity contribution is -0.141. The summed E-state index contributed by atoms with van der Waals surface area (Å²) in [5, 5.41) is 3.34. The molecular formula is C20H29ClN2O4. The number of nitrogens with zero attached hydrogens (tertiary/aromatic N) is 1. The summed E-state index contributed by atoms with van der Waals surface area (Å²) < 4.78 is 11.0. The summed E-state index contributed by atoms with van der Waals surface area (Å²) >= 11 is 5.97. The molecule has 2 amide bonds. The number of halogens is 1. The SMILES string of the molecule is CC(Oc1cccc(Cl)c1)C(=O)N1CCCCC1CNC(=O)OC(C)(C)C. The van der Waals surface area contributed by atoms with Crippen LogP contribution >= 0.6 is 11.6 Å². The number of likely N-dealkylation sites (tertiary alicyclic amines) is 1. The number of hydrogen-bond acceptors (Lipinski definition) is 4. The van der Waals surface area contributed by atoms with Crippen molar-refractivity contribution >= 4 is 23.6 Å². The van der Waals surface area contributed by atoms with Crippen LogP contribution in [0.15, 0.2) is 24.3 Å². The highest BCUT2D eigenvalue weighted by atomic mass is 35.5. The molecule has 150 valence electrons. The fourth-order valence-corrected chi connectivity index (χ4v) is 3.23. The summed E-state index contributed by atoms with van der Waals surface area (Å²) in [6.45, 7) is 8.21. The third-order valence-corrected chi connectivity index (χ3v) is 4.48. The Kier molecular flexibility index (Phi) is 7.36. The van der Waals surface area contributed by atoms with E-state index >= 15 is 0 Å². The third kappa shape index (κ3) is 6.94. The average molecular weight is 397 g/mol. The average Bonchev–Trinajstić information content (AvgIpc) is 2.58. The Bertz CT molecular complexity index is 660. The fourth-order valence-electron chi connectivity index (χ4n) is 3.05. The van der Waals surface area contributed by atoms with E-state index in [2.05, 4.69) is 5.32 Å². The molecule has 6 nitrogen and oxygen atoms in total. The highest BCUT2D eigenvalue weighted by molar-refractivity contribution is 6.30. The molecule has 2 rings (SSSR count). The molecule has 1 aromatic rings. The lowest BCUT2D eigenvalue weighted by Crippen LogP contribution is -2.53. The zero-order valence-corrected chi connectivity index (χ0v) is 17.2. The van der Waals surface area contributed by atoms with E-state index in [0.29, 0.717) is 23.9 Å². The number of benzene rings is 1. The van der Waals surface area contributed by atoms with Crippen LogP contribution in [0.1, 0.15) is 47.0 Å². The largest absolute Gasteiger partial charge is 0.481 e. The zero-order valence-electron chi connectivity index (χ0n) is 16.5. The minimum atomic E-state index is -0.634. The summed E-state index contributed by atoms with van der Waals surface area (Å²) in [6.07, 6.45) is 1.70.